The minimum absolute atomic E-state index is 0.208. The SMILES string of the molecule is Oc1c(Cc2ccccc2)cc(Cc2ccccc2)cc1-n1nc2ccc(Br)cc2n1. The molecule has 1 N–H and O–H groups in total. The number of phenolic OH excluding ortho intramolecular Hbond substituents is 1. The van der Waals surface area contributed by atoms with Crippen molar-refractivity contribution in [1.29, 1.82) is 0 Å². The van der Waals surface area contributed by atoms with Crippen LogP contribution < -0.4 is 0 Å². The third-order valence-electron chi connectivity index (χ3n) is 5.27. The molecule has 5 heteroatoms. The van der Waals surface area contributed by atoms with Crippen LogP contribution in [0.5, 0.6) is 5.75 Å². The summed E-state index contributed by atoms with van der Waals surface area (Å²) in [6.07, 6.45) is 1.40. The highest BCUT2D eigenvalue weighted by Gasteiger charge is 2.15. The molecule has 0 aliphatic rings. The maximum atomic E-state index is 11.2. The Hall–Kier alpha value is -3.44. The zero-order valence-corrected chi connectivity index (χ0v) is 18.3. The number of nitrogens with zero attached hydrogens (tertiary/aromatic N) is 3. The lowest BCUT2D eigenvalue weighted by molar-refractivity contribution is 0.461. The standard InChI is InChI=1S/C26H20BrN3O/c27-22-11-12-23-24(17-22)29-30(28-23)25-16-20(13-18-7-3-1-4-8-18)15-21(26(25)31)14-19-9-5-2-6-10-19/h1-12,15-17,31H,13-14H2. The first-order chi connectivity index (χ1) is 15.2. The van der Waals surface area contributed by atoms with Gasteiger partial charge in [-0.1, -0.05) is 82.7 Å². The lowest BCUT2D eigenvalue weighted by atomic mass is 9.97. The van der Waals surface area contributed by atoms with Crippen molar-refractivity contribution >= 4 is 27.0 Å². The summed E-state index contributed by atoms with van der Waals surface area (Å²) in [7, 11) is 0. The molecule has 0 radical (unpaired) electrons. The molecule has 0 aliphatic heterocycles. The number of hydrogen-bond donors (Lipinski definition) is 1. The molecule has 0 spiro atoms. The molecule has 0 bridgehead atoms. The quantitative estimate of drug-likeness (QED) is 0.339. The Morgan fingerprint density at radius 3 is 2.03 bits per heavy atom. The zero-order valence-electron chi connectivity index (χ0n) is 16.7. The summed E-state index contributed by atoms with van der Waals surface area (Å²) in [5.41, 5.74) is 6.46. The van der Waals surface area contributed by atoms with Gasteiger partial charge in [-0.2, -0.15) is 0 Å². The molecule has 152 valence electrons. The van der Waals surface area contributed by atoms with Crippen molar-refractivity contribution in [2.45, 2.75) is 12.8 Å². The van der Waals surface area contributed by atoms with Crippen LogP contribution >= 0.6 is 15.9 Å². The van der Waals surface area contributed by atoms with E-state index >= 15 is 0 Å². The molecule has 0 aliphatic carbocycles. The largest absolute Gasteiger partial charge is 0.505 e. The van der Waals surface area contributed by atoms with Gasteiger partial charge >= 0.3 is 0 Å². The van der Waals surface area contributed by atoms with Crippen molar-refractivity contribution in [1.82, 2.24) is 15.0 Å². The average molecular weight is 470 g/mol. The van der Waals surface area contributed by atoms with Gasteiger partial charge in [0.2, 0.25) is 0 Å². The Morgan fingerprint density at radius 1 is 0.677 bits per heavy atom. The molecular formula is C26H20BrN3O. The molecule has 0 unspecified atom stereocenters. The van der Waals surface area contributed by atoms with Crippen molar-refractivity contribution in [3.63, 3.8) is 0 Å². The molecule has 0 amide bonds. The van der Waals surface area contributed by atoms with Crippen LogP contribution in [0.3, 0.4) is 0 Å². The second-order valence-corrected chi connectivity index (χ2v) is 8.49. The van der Waals surface area contributed by atoms with Gasteiger partial charge in [0.25, 0.3) is 0 Å². The maximum absolute atomic E-state index is 11.2. The normalized spacial score (nSPS) is 11.1. The Kier molecular flexibility index (Phi) is 5.26. The number of fused-ring (bicyclic) bond motifs is 1. The first-order valence-corrected chi connectivity index (χ1v) is 10.9. The van der Waals surface area contributed by atoms with Crippen molar-refractivity contribution in [3.05, 3.63) is 118 Å². The fourth-order valence-corrected chi connectivity index (χ4v) is 4.12. The second kappa shape index (κ2) is 8.36. The predicted molar refractivity (Wildman–Crippen MR) is 127 cm³/mol. The third-order valence-corrected chi connectivity index (χ3v) is 5.77. The van der Waals surface area contributed by atoms with Crippen molar-refractivity contribution in [3.8, 4) is 11.4 Å². The average Bonchev–Trinajstić information content (AvgIpc) is 3.20. The van der Waals surface area contributed by atoms with Crippen LogP contribution in [0.2, 0.25) is 0 Å². The predicted octanol–water partition coefficient (Wildman–Crippen LogP) is 6.07. The fraction of sp³-hybridized carbons (Fsp3) is 0.0769. The van der Waals surface area contributed by atoms with Gasteiger partial charge < -0.3 is 5.11 Å². The van der Waals surface area contributed by atoms with Crippen LogP contribution in [0.25, 0.3) is 16.7 Å². The number of benzene rings is 4. The summed E-state index contributed by atoms with van der Waals surface area (Å²) in [4.78, 5) is 1.54. The first kappa shape index (κ1) is 19.5. The summed E-state index contributed by atoms with van der Waals surface area (Å²) in [5, 5.41) is 20.4. The molecule has 31 heavy (non-hydrogen) atoms. The number of hydrogen-bond acceptors (Lipinski definition) is 3. The Morgan fingerprint density at radius 2 is 1.32 bits per heavy atom. The van der Waals surface area contributed by atoms with Crippen molar-refractivity contribution in [2.24, 2.45) is 0 Å². The van der Waals surface area contributed by atoms with Crippen LogP contribution in [0, 0.1) is 0 Å². The van der Waals surface area contributed by atoms with Gasteiger partial charge in [0.05, 0.1) is 0 Å². The Balaban J connectivity index is 1.62. The maximum Gasteiger partial charge on any atom is 0.146 e. The van der Waals surface area contributed by atoms with E-state index in [0.29, 0.717) is 12.1 Å². The fourth-order valence-electron chi connectivity index (χ4n) is 3.77. The highest BCUT2D eigenvalue weighted by Crippen LogP contribution is 2.31. The number of halogens is 1. The lowest BCUT2D eigenvalue weighted by Crippen LogP contribution is -2.03. The van der Waals surface area contributed by atoms with Crippen molar-refractivity contribution < 1.29 is 5.11 Å². The molecule has 1 heterocycles. The van der Waals surface area contributed by atoms with E-state index in [0.717, 1.165) is 38.6 Å². The summed E-state index contributed by atoms with van der Waals surface area (Å²) < 4.78 is 0.943. The van der Waals surface area contributed by atoms with E-state index in [1.54, 1.807) is 0 Å². The third kappa shape index (κ3) is 4.23. The van der Waals surface area contributed by atoms with Crippen LogP contribution in [-0.2, 0) is 12.8 Å². The van der Waals surface area contributed by atoms with Crippen LogP contribution in [0.4, 0.5) is 0 Å². The van der Waals surface area contributed by atoms with Gasteiger partial charge in [0, 0.05) is 16.5 Å². The molecule has 0 saturated heterocycles. The smallest absolute Gasteiger partial charge is 0.146 e. The van der Waals surface area contributed by atoms with Gasteiger partial charge in [0.1, 0.15) is 22.5 Å². The van der Waals surface area contributed by atoms with E-state index < -0.39 is 0 Å². The molecule has 0 saturated carbocycles. The lowest BCUT2D eigenvalue weighted by Gasteiger charge is -2.13. The van der Waals surface area contributed by atoms with E-state index in [2.05, 4.69) is 56.5 Å². The number of phenols is 1. The Labute approximate surface area is 188 Å². The van der Waals surface area contributed by atoms with E-state index in [1.807, 2.05) is 60.7 Å². The summed E-state index contributed by atoms with van der Waals surface area (Å²) >= 11 is 3.48. The van der Waals surface area contributed by atoms with Gasteiger partial charge in [-0.25, -0.2) is 0 Å². The monoisotopic (exact) mass is 469 g/mol. The van der Waals surface area contributed by atoms with Crippen LogP contribution in [0.1, 0.15) is 22.3 Å². The van der Waals surface area contributed by atoms with Crippen molar-refractivity contribution in [2.75, 3.05) is 0 Å². The van der Waals surface area contributed by atoms with Gasteiger partial charge in [-0.3, -0.25) is 0 Å². The number of aromatic nitrogens is 3. The van der Waals surface area contributed by atoms with Gasteiger partial charge in [-0.15, -0.1) is 15.0 Å². The molecule has 5 rings (SSSR count). The molecular weight excluding hydrogens is 450 g/mol. The molecule has 4 nitrogen and oxygen atoms in total. The second-order valence-electron chi connectivity index (χ2n) is 7.57. The first-order valence-electron chi connectivity index (χ1n) is 10.1. The van der Waals surface area contributed by atoms with Crippen LogP contribution in [0.15, 0.2) is 95.5 Å². The Bertz CT molecular complexity index is 1350. The van der Waals surface area contributed by atoms with E-state index in [-0.39, 0.29) is 5.75 Å². The van der Waals surface area contributed by atoms with Crippen LogP contribution in [-0.4, -0.2) is 20.1 Å². The zero-order chi connectivity index (χ0) is 21.2. The topological polar surface area (TPSA) is 50.9 Å². The summed E-state index contributed by atoms with van der Waals surface area (Å²) in [5.74, 6) is 0.208. The van der Waals surface area contributed by atoms with E-state index in [1.165, 1.54) is 10.4 Å². The number of aromatic hydroxyl groups is 1. The van der Waals surface area contributed by atoms with E-state index in [4.69, 9.17) is 0 Å². The molecule has 5 aromatic rings. The molecule has 4 aromatic carbocycles. The highest BCUT2D eigenvalue weighted by atomic mass is 79.9. The van der Waals surface area contributed by atoms with Gasteiger partial charge in [-0.05, 0) is 47.4 Å². The molecule has 0 atom stereocenters. The van der Waals surface area contributed by atoms with E-state index in [9.17, 15) is 5.11 Å². The molecule has 1 aromatic heterocycles. The van der Waals surface area contributed by atoms with Gasteiger partial charge in [0.15, 0.2) is 0 Å². The number of rotatable bonds is 5. The summed E-state index contributed by atoms with van der Waals surface area (Å²) in [6, 6.07) is 30.3. The summed E-state index contributed by atoms with van der Waals surface area (Å²) in [6.45, 7) is 0. The minimum Gasteiger partial charge on any atom is -0.505 e. The highest BCUT2D eigenvalue weighted by molar-refractivity contribution is 9.10. The minimum atomic E-state index is 0.208. The molecule has 0 fully saturated rings.